The Bertz CT molecular complexity index is 301. The number of aromatic nitrogens is 1. The molecule has 1 aromatic heterocycles. The Balaban J connectivity index is 2.66. The van der Waals surface area contributed by atoms with Gasteiger partial charge >= 0.3 is 0 Å². The maximum Gasteiger partial charge on any atom is 0.269 e. The Morgan fingerprint density at radius 3 is 3.08 bits per heavy atom. The monoisotopic (exact) mass is 197 g/mol. The van der Waals surface area contributed by atoms with E-state index in [-0.39, 0.29) is 5.91 Å². The first kappa shape index (κ1) is 9.99. The lowest BCUT2D eigenvalue weighted by atomic mass is 10.3. The maximum absolute atomic E-state index is 11.3. The molecule has 4 heteroatoms. The van der Waals surface area contributed by atoms with Gasteiger partial charge in [0.05, 0.1) is 0 Å². The predicted octanol–water partition coefficient (Wildman–Crippen LogP) is 1.69. The highest BCUT2D eigenvalue weighted by Gasteiger charge is 2.05. The zero-order chi connectivity index (χ0) is 9.68. The molecule has 0 spiro atoms. The predicted molar refractivity (Wildman–Crippen MR) is 51.6 cm³/mol. The quantitative estimate of drug-likeness (QED) is 0.801. The molecule has 0 aliphatic heterocycles. The summed E-state index contributed by atoms with van der Waals surface area (Å²) in [7, 11) is 0. The van der Waals surface area contributed by atoms with Gasteiger partial charge in [-0.1, -0.05) is 18.5 Å². The standard InChI is InChI=1S/C9H10ClN2O/c1-2-4-12-9(13)8-6-7(10)3-5-11-8/h3,5-6H,1-2,4H2,(H,12,13). The first-order valence-electron chi connectivity index (χ1n) is 3.93. The first-order valence-corrected chi connectivity index (χ1v) is 4.31. The average Bonchev–Trinajstić information content (AvgIpc) is 2.14. The summed E-state index contributed by atoms with van der Waals surface area (Å²) in [5, 5.41) is 3.16. The van der Waals surface area contributed by atoms with Crippen molar-refractivity contribution in [2.45, 2.75) is 6.42 Å². The molecule has 0 atom stereocenters. The molecule has 0 aliphatic carbocycles. The van der Waals surface area contributed by atoms with Crippen molar-refractivity contribution in [3.8, 4) is 0 Å². The number of pyridine rings is 1. The van der Waals surface area contributed by atoms with Crippen molar-refractivity contribution in [3.63, 3.8) is 0 Å². The summed E-state index contributed by atoms with van der Waals surface area (Å²) in [4.78, 5) is 15.2. The third-order valence-electron chi connectivity index (χ3n) is 1.42. The number of amides is 1. The van der Waals surface area contributed by atoms with Gasteiger partial charge in [0.25, 0.3) is 5.91 Å². The van der Waals surface area contributed by atoms with Crippen LogP contribution in [0, 0.1) is 6.92 Å². The Hall–Kier alpha value is -1.09. The second-order valence-electron chi connectivity index (χ2n) is 2.47. The van der Waals surface area contributed by atoms with E-state index >= 15 is 0 Å². The molecule has 0 saturated carbocycles. The van der Waals surface area contributed by atoms with Crippen LogP contribution in [0.2, 0.25) is 5.02 Å². The fourth-order valence-electron chi connectivity index (χ4n) is 0.821. The third kappa shape index (κ3) is 3.03. The van der Waals surface area contributed by atoms with Gasteiger partial charge in [-0.25, -0.2) is 0 Å². The van der Waals surface area contributed by atoms with Gasteiger partial charge in [0, 0.05) is 17.8 Å². The van der Waals surface area contributed by atoms with Crippen molar-refractivity contribution in [2.75, 3.05) is 6.54 Å². The Labute approximate surface area is 82.1 Å². The van der Waals surface area contributed by atoms with Crippen LogP contribution in [-0.4, -0.2) is 17.4 Å². The Morgan fingerprint density at radius 2 is 2.46 bits per heavy atom. The summed E-state index contributed by atoms with van der Waals surface area (Å²) in [6.07, 6.45) is 2.16. The number of hydrogen-bond donors (Lipinski definition) is 1. The molecule has 1 N–H and O–H groups in total. The van der Waals surface area contributed by atoms with Crippen molar-refractivity contribution in [2.24, 2.45) is 0 Å². The zero-order valence-corrected chi connectivity index (χ0v) is 7.84. The van der Waals surface area contributed by atoms with Crippen LogP contribution in [0.5, 0.6) is 0 Å². The highest BCUT2D eigenvalue weighted by Crippen LogP contribution is 2.07. The molecule has 0 bridgehead atoms. The van der Waals surface area contributed by atoms with Gasteiger partial charge in [-0.15, -0.1) is 0 Å². The van der Waals surface area contributed by atoms with E-state index in [1.54, 1.807) is 6.07 Å². The van der Waals surface area contributed by atoms with E-state index in [0.717, 1.165) is 0 Å². The largest absolute Gasteiger partial charge is 0.351 e. The number of hydrogen-bond acceptors (Lipinski definition) is 2. The molecular weight excluding hydrogens is 188 g/mol. The number of halogens is 1. The molecule has 3 nitrogen and oxygen atoms in total. The average molecular weight is 198 g/mol. The van der Waals surface area contributed by atoms with Crippen LogP contribution < -0.4 is 5.32 Å². The molecule has 0 aliphatic rings. The van der Waals surface area contributed by atoms with Crippen LogP contribution in [0.3, 0.4) is 0 Å². The highest BCUT2D eigenvalue weighted by atomic mass is 35.5. The van der Waals surface area contributed by atoms with Crippen LogP contribution in [-0.2, 0) is 0 Å². The van der Waals surface area contributed by atoms with Crippen LogP contribution in [0.1, 0.15) is 16.9 Å². The Morgan fingerprint density at radius 1 is 1.69 bits per heavy atom. The van der Waals surface area contributed by atoms with Gasteiger partial charge < -0.3 is 5.32 Å². The van der Waals surface area contributed by atoms with E-state index in [1.807, 2.05) is 0 Å². The van der Waals surface area contributed by atoms with Crippen molar-refractivity contribution < 1.29 is 4.79 Å². The van der Waals surface area contributed by atoms with Crippen molar-refractivity contribution in [3.05, 3.63) is 36.0 Å². The van der Waals surface area contributed by atoms with E-state index in [4.69, 9.17) is 11.6 Å². The maximum atomic E-state index is 11.3. The molecule has 13 heavy (non-hydrogen) atoms. The molecule has 1 rings (SSSR count). The topological polar surface area (TPSA) is 42.0 Å². The number of nitrogens with one attached hydrogen (secondary N) is 1. The number of rotatable bonds is 3. The van der Waals surface area contributed by atoms with Gasteiger partial charge in [0.15, 0.2) is 0 Å². The molecule has 1 amide bonds. The van der Waals surface area contributed by atoms with E-state index in [9.17, 15) is 4.79 Å². The summed E-state index contributed by atoms with van der Waals surface area (Å²) in [5.74, 6) is -0.217. The zero-order valence-electron chi connectivity index (χ0n) is 7.09. The molecule has 1 aromatic rings. The van der Waals surface area contributed by atoms with Crippen LogP contribution in [0.25, 0.3) is 0 Å². The molecule has 0 aromatic carbocycles. The van der Waals surface area contributed by atoms with E-state index in [2.05, 4.69) is 17.2 Å². The second kappa shape index (κ2) is 4.82. The lowest BCUT2D eigenvalue weighted by molar-refractivity contribution is 0.0949. The summed E-state index contributed by atoms with van der Waals surface area (Å²) >= 11 is 5.69. The van der Waals surface area contributed by atoms with Crippen LogP contribution >= 0.6 is 11.6 Å². The summed E-state index contributed by atoms with van der Waals surface area (Å²) in [6, 6.07) is 3.15. The number of carbonyl (C=O) groups is 1. The van der Waals surface area contributed by atoms with E-state index < -0.39 is 0 Å². The van der Waals surface area contributed by atoms with Gasteiger partial charge in [0.2, 0.25) is 0 Å². The van der Waals surface area contributed by atoms with Gasteiger partial charge in [0.1, 0.15) is 5.69 Å². The fraction of sp³-hybridized carbons (Fsp3) is 0.222. The minimum Gasteiger partial charge on any atom is -0.351 e. The molecule has 0 saturated heterocycles. The van der Waals surface area contributed by atoms with E-state index in [1.165, 1.54) is 12.3 Å². The molecule has 69 valence electrons. The van der Waals surface area contributed by atoms with Gasteiger partial charge in [-0.2, -0.15) is 0 Å². The smallest absolute Gasteiger partial charge is 0.269 e. The third-order valence-corrected chi connectivity index (χ3v) is 1.65. The number of carbonyl (C=O) groups excluding carboxylic acids is 1. The van der Waals surface area contributed by atoms with Crippen molar-refractivity contribution in [1.82, 2.24) is 10.3 Å². The minimum absolute atomic E-state index is 0.217. The highest BCUT2D eigenvalue weighted by molar-refractivity contribution is 6.30. The van der Waals surface area contributed by atoms with Crippen LogP contribution in [0.15, 0.2) is 18.3 Å². The lowest BCUT2D eigenvalue weighted by Crippen LogP contribution is -2.24. The molecule has 0 fully saturated rings. The minimum atomic E-state index is -0.217. The van der Waals surface area contributed by atoms with Gasteiger partial charge in [-0.05, 0) is 18.6 Å². The van der Waals surface area contributed by atoms with Crippen LogP contribution in [0.4, 0.5) is 0 Å². The normalized spacial score (nSPS) is 9.69. The summed E-state index contributed by atoms with van der Waals surface area (Å²) in [6.45, 7) is 4.16. The van der Waals surface area contributed by atoms with E-state index in [0.29, 0.717) is 23.7 Å². The lowest BCUT2D eigenvalue weighted by Gasteiger charge is -2.01. The van der Waals surface area contributed by atoms with Crippen molar-refractivity contribution in [1.29, 1.82) is 0 Å². The molecule has 1 radical (unpaired) electrons. The molecule has 1 heterocycles. The Kier molecular flexibility index (Phi) is 3.71. The summed E-state index contributed by atoms with van der Waals surface area (Å²) in [5.41, 5.74) is 0.334. The van der Waals surface area contributed by atoms with Crippen molar-refractivity contribution >= 4 is 17.5 Å². The second-order valence-corrected chi connectivity index (χ2v) is 2.91. The molecule has 0 unspecified atom stereocenters. The summed E-state index contributed by atoms with van der Waals surface area (Å²) < 4.78 is 0. The first-order chi connectivity index (χ1) is 6.24. The molecular formula is C9H10ClN2O. The van der Waals surface area contributed by atoms with Gasteiger partial charge in [-0.3, -0.25) is 9.78 Å². The fourth-order valence-corrected chi connectivity index (χ4v) is 0.981. The SMILES string of the molecule is [CH2]CCNC(=O)c1cc(Cl)ccn1. The number of nitrogens with zero attached hydrogens (tertiary/aromatic N) is 1.